The number of hydrogen-bond acceptors (Lipinski definition) is 3. The Balaban J connectivity index is 2.14. The normalized spacial score (nSPS) is 13.8. The van der Waals surface area contributed by atoms with E-state index in [1.54, 1.807) is 0 Å². The quantitative estimate of drug-likeness (QED) is 0.309. The first-order valence-electron chi connectivity index (χ1n) is 14.2. The van der Waals surface area contributed by atoms with E-state index in [1.807, 2.05) is 0 Å². The van der Waals surface area contributed by atoms with Gasteiger partial charge in [-0.15, -0.1) is 0 Å². The van der Waals surface area contributed by atoms with Crippen LogP contribution in [-0.4, -0.2) is 37.1 Å². The van der Waals surface area contributed by atoms with Gasteiger partial charge in [0.25, 0.3) is 0 Å². The summed E-state index contributed by atoms with van der Waals surface area (Å²) in [5.41, 5.74) is 11.1. The summed E-state index contributed by atoms with van der Waals surface area (Å²) in [6.07, 6.45) is 0. The van der Waals surface area contributed by atoms with Gasteiger partial charge >= 0.3 is 0 Å². The Morgan fingerprint density at radius 2 is 0.778 bits per heavy atom. The molecular formula is C33H55N3. The lowest BCUT2D eigenvalue weighted by atomic mass is 9.90. The molecule has 0 heterocycles. The highest BCUT2D eigenvalue weighted by Crippen LogP contribution is 2.35. The molecule has 0 aromatic heterocycles. The number of likely N-dealkylation sites (N-methyl/N-ethyl adjacent to an activating group) is 1. The van der Waals surface area contributed by atoms with Crippen LogP contribution in [0.5, 0.6) is 0 Å². The van der Waals surface area contributed by atoms with Crippen molar-refractivity contribution in [2.75, 3.05) is 30.8 Å². The lowest BCUT2D eigenvalue weighted by Gasteiger charge is -2.30. The number of nitrogens with one attached hydrogen (secondary N) is 2. The summed E-state index contributed by atoms with van der Waals surface area (Å²) in [6, 6.07) is 10.2. The average molecular weight is 494 g/mol. The van der Waals surface area contributed by atoms with Crippen molar-refractivity contribution in [2.24, 2.45) is 0 Å². The summed E-state index contributed by atoms with van der Waals surface area (Å²) in [5, 5.41) is 7.83. The molecule has 3 nitrogen and oxygen atoms in total. The molecule has 0 bridgehead atoms. The van der Waals surface area contributed by atoms with Gasteiger partial charge in [-0.3, -0.25) is 0 Å². The summed E-state index contributed by atoms with van der Waals surface area (Å²) < 4.78 is 0. The molecule has 0 aliphatic heterocycles. The number of aryl methyl sites for hydroxylation is 2. The van der Waals surface area contributed by atoms with Crippen LogP contribution in [-0.2, 0) is 0 Å². The molecule has 0 radical (unpaired) electrons. The van der Waals surface area contributed by atoms with Gasteiger partial charge in [-0.05, 0) is 80.7 Å². The minimum atomic E-state index is 0.358. The van der Waals surface area contributed by atoms with E-state index in [4.69, 9.17) is 0 Å². The third-order valence-electron chi connectivity index (χ3n) is 7.13. The lowest BCUT2D eigenvalue weighted by molar-refractivity contribution is 0.314. The van der Waals surface area contributed by atoms with Gasteiger partial charge in [-0.25, -0.2) is 0 Å². The maximum Gasteiger partial charge on any atom is 0.0413 e. The van der Waals surface area contributed by atoms with Crippen molar-refractivity contribution in [1.82, 2.24) is 4.90 Å². The minimum absolute atomic E-state index is 0.358. The number of rotatable bonds is 12. The molecule has 0 aliphatic carbocycles. The second-order valence-electron chi connectivity index (χ2n) is 12.6. The SMILES string of the molecule is Cc1cc(C(C)C)c(NC(C)CN(C)CC(C)Nc2c(C(C)C)cc(C)cc2C(C)C)c(C(C)C)c1. The molecule has 2 aromatic carbocycles. The van der Waals surface area contributed by atoms with Crippen LogP contribution in [0.4, 0.5) is 11.4 Å². The van der Waals surface area contributed by atoms with E-state index >= 15 is 0 Å². The second kappa shape index (κ2) is 13.0. The molecule has 0 saturated carbocycles. The van der Waals surface area contributed by atoms with Crippen LogP contribution < -0.4 is 10.6 Å². The van der Waals surface area contributed by atoms with E-state index in [0.717, 1.165) is 13.1 Å². The summed E-state index contributed by atoms with van der Waals surface area (Å²) in [4.78, 5) is 2.46. The highest BCUT2D eigenvalue weighted by molar-refractivity contribution is 5.63. The smallest absolute Gasteiger partial charge is 0.0413 e. The van der Waals surface area contributed by atoms with Gasteiger partial charge < -0.3 is 15.5 Å². The first-order valence-corrected chi connectivity index (χ1v) is 14.2. The molecule has 0 spiro atoms. The van der Waals surface area contributed by atoms with Crippen LogP contribution in [0.25, 0.3) is 0 Å². The molecular weight excluding hydrogens is 438 g/mol. The summed E-state index contributed by atoms with van der Waals surface area (Å²) in [7, 11) is 2.25. The van der Waals surface area contributed by atoms with Gasteiger partial charge in [0.05, 0.1) is 0 Å². The Morgan fingerprint density at radius 1 is 0.528 bits per heavy atom. The van der Waals surface area contributed by atoms with E-state index in [-0.39, 0.29) is 0 Å². The first-order chi connectivity index (χ1) is 16.7. The van der Waals surface area contributed by atoms with Gasteiger partial charge in [-0.2, -0.15) is 0 Å². The van der Waals surface area contributed by atoms with Gasteiger partial charge in [0.2, 0.25) is 0 Å². The van der Waals surface area contributed by atoms with Gasteiger partial charge in [0.1, 0.15) is 0 Å². The van der Waals surface area contributed by atoms with E-state index < -0.39 is 0 Å². The molecule has 36 heavy (non-hydrogen) atoms. The predicted molar refractivity (Wildman–Crippen MR) is 162 cm³/mol. The number of benzene rings is 2. The predicted octanol–water partition coefficient (Wildman–Crippen LogP) is 9.03. The lowest BCUT2D eigenvalue weighted by Crippen LogP contribution is -2.39. The van der Waals surface area contributed by atoms with Gasteiger partial charge in [0.15, 0.2) is 0 Å². The molecule has 2 aromatic rings. The third-order valence-corrected chi connectivity index (χ3v) is 7.13. The van der Waals surface area contributed by atoms with E-state index in [1.165, 1.54) is 44.8 Å². The third kappa shape index (κ3) is 8.00. The highest BCUT2D eigenvalue weighted by Gasteiger charge is 2.20. The standard InChI is InChI=1S/C33H55N3/c1-20(2)28-14-24(9)15-29(21(3)4)32(28)34-26(11)18-36(13)19-27(12)35-33-30(22(5)6)16-25(10)17-31(33)23(7)8/h14-17,20-23,26-27,34-35H,18-19H2,1-13H3. The van der Waals surface area contributed by atoms with Crippen molar-refractivity contribution in [3.05, 3.63) is 57.6 Å². The van der Waals surface area contributed by atoms with Crippen molar-refractivity contribution in [3.63, 3.8) is 0 Å². The topological polar surface area (TPSA) is 27.3 Å². The zero-order valence-electron chi connectivity index (χ0n) is 25.6. The molecule has 0 saturated heterocycles. The molecule has 2 atom stereocenters. The molecule has 0 amide bonds. The van der Waals surface area contributed by atoms with Gasteiger partial charge in [0, 0.05) is 36.5 Å². The Bertz CT molecular complexity index is 849. The Hall–Kier alpha value is -2.00. The number of nitrogens with zero attached hydrogens (tertiary/aromatic N) is 1. The highest BCUT2D eigenvalue weighted by atomic mass is 15.1. The Morgan fingerprint density at radius 3 is 1.00 bits per heavy atom. The van der Waals surface area contributed by atoms with Crippen molar-refractivity contribution < 1.29 is 0 Å². The maximum atomic E-state index is 3.92. The Kier molecular flexibility index (Phi) is 10.9. The van der Waals surface area contributed by atoms with Gasteiger partial charge in [-0.1, -0.05) is 90.8 Å². The van der Waals surface area contributed by atoms with Crippen LogP contribution in [0, 0.1) is 13.8 Å². The Labute approximate surface area is 223 Å². The van der Waals surface area contributed by atoms with Crippen molar-refractivity contribution >= 4 is 11.4 Å². The van der Waals surface area contributed by atoms with E-state index in [2.05, 4.69) is 130 Å². The van der Waals surface area contributed by atoms with Crippen LogP contribution in [0.15, 0.2) is 24.3 Å². The monoisotopic (exact) mass is 493 g/mol. The van der Waals surface area contributed by atoms with Crippen LogP contribution in [0.3, 0.4) is 0 Å². The first kappa shape index (κ1) is 30.2. The molecule has 3 heteroatoms. The molecule has 2 N–H and O–H groups in total. The molecule has 2 rings (SSSR count). The molecule has 2 unspecified atom stereocenters. The zero-order valence-corrected chi connectivity index (χ0v) is 25.6. The van der Waals surface area contributed by atoms with E-state index in [9.17, 15) is 0 Å². The number of anilines is 2. The van der Waals surface area contributed by atoms with Crippen LogP contribution >= 0.6 is 0 Å². The van der Waals surface area contributed by atoms with Crippen molar-refractivity contribution in [3.8, 4) is 0 Å². The maximum absolute atomic E-state index is 3.92. The second-order valence-corrected chi connectivity index (χ2v) is 12.6. The largest absolute Gasteiger partial charge is 0.381 e. The zero-order chi connectivity index (χ0) is 27.3. The average Bonchev–Trinajstić information content (AvgIpc) is 2.74. The molecule has 202 valence electrons. The van der Waals surface area contributed by atoms with Crippen LogP contribution in [0.2, 0.25) is 0 Å². The summed E-state index contributed by atoms with van der Waals surface area (Å²) >= 11 is 0. The minimum Gasteiger partial charge on any atom is -0.381 e. The van der Waals surface area contributed by atoms with Crippen LogP contribution in [0.1, 0.15) is 126 Å². The van der Waals surface area contributed by atoms with Crippen molar-refractivity contribution in [1.29, 1.82) is 0 Å². The molecule has 0 aliphatic rings. The summed E-state index contributed by atoms with van der Waals surface area (Å²) in [6.45, 7) is 29.5. The van der Waals surface area contributed by atoms with Crippen molar-refractivity contribution in [2.45, 2.75) is 119 Å². The fourth-order valence-electron chi connectivity index (χ4n) is 5.43. The van der Waals surface area contributed by atoms with E-state index in [0.29, 0.717) is 35.8 Å². The number of hydrogen-bond donors (Lipinski definition) is 2. The fraction of sp³-hybridized carbons (Fsp3) is 0.636. The molecule has 0 fully saturated rings. The summed E-state index contributed by atoms with van der Waals surface area (Å²) in [5.74, 6) is 2.00. The fourth-order valence-corrected chi connectivity index (χ4v) is 5.43.